The van der Waals surface area contributed by atoms with Gasteiger partial charge in [-0.2, -0.15) is 13.2 Å². The molecule has 0 saturated carbocycles. The highest BCUT2D eigenvalue weighted by molar-refractivity contribution is 6.02. The molecule has 0 aromatic heterocycles. The summed E-state index contributed by atoms with van der Waals surface area (Å²) >= 11 is 0. The van der Waals surface area contributed by atoms with Gasteiger partial charge in [0.05, 0.1) is 23.7 Å². The summed E-state index contributed by atoms with van der Waals surface area (Å²) in [5.74, 6) is -0.912. The smallest absolute Gasteiger partial charge is 0.370 e. The van der Waals surface area contributed by atoms with Gasteiger partial charge in [0.1, 0.15) is 0 Å². The molecule has 208 valence electrons. The molecular formula is C29H29F3N6O2. The van der Waals surface area contributed by atoms with Crippen molar-refractivity contribution in [1.82, 2.24) is 4.90 Å². The summed E-state index contributed by atoms with van der Waals surface area (Å²) in [6.07, 6.45) is -4.79. The van der Waals surface area contributed by atoms with Crippen LogP contribution in [0, 0.1) is 6.92 Å². The van der Waals surface area contributed by atoms with Crippen LogP contribution in [-0.4, -0.2) is 48.9 Å². The van der Waals surface area contributed by atoms with Crippen LogP contribution in [0.5, 0.6) is 0 Å². The first-order chi connectivity index (χ1) is 19.0. The number of aryl methyl sites for hydroxylation is 1. The van der Waals surface area contributed by atoms with Crippen molar-refractivity contribution in [3.05, 3.63) is 89.0 Å². The van der Waals surface area contributed by atoms with Gasteiger partial charge in [-0.1, -0.05) is 18.2 Å². The Kier molecular flexibility index (Phi) is 7.14. The number of anilines is 2. The Morgan fingerprint density at radius 1 is 0.900 bits per heavy atom. The third-order valence-electron chi connectivity index (χ3n) is 7.19. The molecule has 1 saturated heterocycles. The summed E-state index contributed by atoms with van der Waals surface area (Å²) in [6, 6.07) is 17.0. The van der Waals surface area contributed by atoms with Gasteiger partial charge >= 0.3 is 6.18 Å². The molecule has 0 bridgehead atoms. The van der Waals surface area contributed by atoms with Gasteiger partial charge in [-0.3, -0.25) is 9.59 Å². The van der Waals surface area contributed by atoms with Crippen LogP contribution in [0.3, 0.4) is 0 Å². The number of guanidine groups is 1. The van der Waals surface area contributed by atoms with Gasteiger partial charge in [0.25, 0.3) is 0 Å². The van der Waals surface area contributed by atoms with Crippen molar-refractivity contribution in [2.45, 2.75) is 25.6 Å². The SMILES string of the molecule is Cc1cccc(N2CCN(C3=Nc4ccc(C(N)=O)cc4C(CC(N)=O)N3c3cccc(C(F)(F)F)c3)CC2)c1. The van der Waals surface area contributed by atoms with Crippen molar-refractivity contribution in [3.8, 4) is 0 Å². The number of hydrogen-bond donors (Lipinski definition) is 2. The Morgan fingerprint density at radius 3 is 2.23 bits per heavy atom. The zero-order chi connectivity index (χ0) is 28.6. The molecule has 0 aliphatic carbocycles. The van der Waals surface area contributed by atoms with E-state index in [1.54, 1.807) is 23.1 Å². The monoisotopic (exact) mass is 550 g/mol. The molecule has 2 amide bonds. The summed E-state index contributed by atoms with van der Waals surface area (Å²) in [7, 11) is 0. The number of halogens is 3. The Labute approximate surface area is 229 Å². The minimum Gasteiger partial charge on any atom is -0.370 e. The number of nitrogens with two attached hydrogens (primary N) is 2. The average molecular weight is 551 g/mol. The van der Waals surface area contributed by atoms with Gasteiger partial charge in [0.2, 0.25) is 17.8 Å². The number of amides is 2. The van der Waals surface area contributed by atoms with Gasteiger partial charge in [0.15, 0.2) is 0 Å². The lowest BCUT2D eigenvalue weighted by atomic mass is 9.95. The molecule has 0 radical (unpaired) electrons. The number of fused-ring (bicyclic) bond motifs is 1. The zero-order valence-electron chi connectivity index (χ0n) is 21.9. The van der Waals surface area contributed by atoms with E-state index < -0.39 is 29.6 Å². The van der Waals surface area contributed by atoms with Crippen LogP contribution in [0.2, 0.25) is 0 Å². The first-order valence-electron chi connectivity index (χ1n) is 12.8. The minimum atomic E-state index is -4.57. The first-order valence-corrected chi connectivity index (χ1v) is 12.8. The highest BCUT2D eigenvalue weighted by Crippen LogP contribution is 2.42. The normalized spacial score (nSPS) is 17.4. The number of piperazine rings is 1. The van der Waals surface area contributed by atoms with Gasteiger partial charge in [-0.25, -0.2) is 4.99 Å². The van der Waals surface area contributed by atoms with E-state index in [2.05, 4.69) is 11.0 Å². The molecule has 40 heavy (non-hydrogen) atoms. The van der Waals surface area contributed by atoms with Crippen molar-refractivity contribution in [2.24, 2.45) is 16.5 Å². The summed E-state index contributed by atoms with van der Waals surface area (Å²) in [5.41, 5.74) is 13.9. The van der Waals surface area contributed by atoms with Gasteiger partial charge in [0, 0.05) is 48.7 Å². The van der Waals surface area contributed by atoms with E-state index in [0.717, 1.165) is 23.4 Å². The Morgan fingerprint density at radius 2 is 1.57 bits per heavy atom. The van der Waals surface area contributed by atoms with E-state index >= 15 is 0 Å². The minimum absolute atomic E-state index is 0.197. The fraction of sp³-hybridized carbons (Fsp3) is 0.276. The van der Waals surface area contributed by atoms with Crippen LogP contribution < -0.4 is 21.3 Å². The van der Waals surface area contributed by atoms with Crippen LogP contribution in [0.4, 0.5) is 30.2 Å². The topological polar surface area (TPSA) is 108 Å². The lowest BCUT2D eigenvalue weighted by Crippen LogP contribution is -2.55. The number of hydrogen-bond acceptors (Lipinski definition) is 6. The van der Waals surface area contributed by atoms with Crippen LogP contribution in [0.1, 0.15) is 39.5 Å². The van der Waals surface area contributed by atoms with Crippen LogP contribution in [0.15, 0.2) is 71.7 Å². The second-order valence-electron chi connectivity index (χ2n) is 9.97. The van der Waals surface area contributed by atoms with E-state index in [0.29, 0.717) is 43.4 Å². The van der Waals surface area contributed by atoms with Crippen molar-refractivity contribution in [3.63, 3.8) is 0 Å². The van der Waals surface area contributed by atoms with Gasteiger partial charge in [-0.05, 0) is 61.0 Å². The van der Waals surface area contributed by atoms with E-state index in [1.807, 2.05) is 30.0 Å². The summed E-state index contributed by atoms with van der Waals surface area (Å²) in [5, 5.41) is 0. The number of primary amides is 2. The van der Waals surface area contributed by atoms with Crippen molar-refractivity contribution in [1.29, 1.82) is 0 Å². The number of alkyl halides is 3. The maximum absolute atomic E-state index is 13.7. The molecule has 1 atom stereocenters. The third-order valence-corrected chi connectivity index (χ3v) is 7.19. The Hall–Kier alpha value is -4.54. The average Bonchev–Trinajstić information content (AvgIpc) is 2.92. The number of nitrogens with zero attached hydrogens (tertiary/aromatic N) is 4. The molecule has 0 spiro atoms. The first kappa shape index (κ1) is 27.0. The number of carbonyl (C=O) groups excluding carboxylic acids is 2. The molecule has 4 N–H and O–H groups in total. The lowest BCUT2D eigenvalue weighted by Gasteiger charge is -2.45. The second kappa shape index (κ2) is 10.6. The number of aliphatic imine (C=N–C) groups is 1. The maximum atomic E-state index is 13.7. The van der Waals surface area contributed by atoms with E-state index in [-0.39, 0.29) is 17.7 Å². The van der Waals surface area contributed by atoms with E-state index in [4.69, 9.17) is 16.5 Å². The predicted octanol–water partition coefficient (Wildman–Crippen LogP) is 4.36. The van der Waals surface area contributed by atoms with E-state index in [1.165, 1.54) is 12.1 Å². The van der Waals surface area contributed by atoms with Crippen LogP contribution in [0.25, 0.3) is 0 Å². The standard InChI is InChI=1S/C29H29F3N6O2/c1-18-4-2-6-21(14-18)36-10-12-37(13-11-36)28-35-24-9-8-19(27(34)40)15-23(24)25(17-26(33)39)38(28)22-7-3-5-20(16-22)29(30,31)32/h2-9,14-16,25H,10-13,17H2,1H3,(H2,33,39)(H2,34,40). The maximum Gasteiger partial charge on any atom is 0.416 e. The highest BCUT2D eigenvalue weighted by atomic mass is 19.4. The van der Waals surface area contributed by atoms with E-state index in [9.17, 15) is 22.8 Å². The summed E-state index contributed by atoms with van der Waals surface area (Å²) in [4.78, 5) is 34.9. The Balaban J connectivity index is 1.59. The van der Waals surface area contributed by atoms with Crippen molar-refractivity contribution in [2.75, 3.05) is 36.0 Å². The van der Waals surface area contributed by atoms with Crippen LogP contribution >= 0.6 is 0 Å². The predicted molar refractivity (Wildman–Crippen MR) is 147 cm³/mol. The molecule has 3 aromatic rings. The Bertz CT molecular complexity index is 1480. The second-order valence-corrected chi connectivity index (χ2v) is 9.97. The largest absolute Gasteiger partial charge is 0.416 e. The molecular weight excluding hydrogens is 521 g/mol. The number of benzene rings is 3. The molecule has 3 aromatic carbocycles. The molecule has 1 fully saturated rings. The number of carbonyl (C=O) groups is 2. The summed E-state index contributed by atoms with van der Waals surface area (Å²) in [6.45, 7) is 4.43. The number of rotatable bonds is 5. The lowest BCUT2D eigenvalue weighted by molar-refractivity contribution is -0.137. The molecule has 2 heterocycles. The summed E-state index contributed by atoms with van der Waals surface area (Å²) < 4.78 is 41.2. The van der Waals surface area contributed by atoms with Crippen LogP contribution in [-0.2, 0) is 11.0 Å². The quantitative estimate of drug-likeness (QED) is 0.491. The zero-order valence-corrected chi connectivity index (χ0v) is 21.9. The molecule has 2 aliphatic heterocycles. The van der Waals surface area contributed by atoms with Gasteiger partial charge < -0.3 is 26.2 Å². The molecule has 11 heteroatoms. The van der Waals surface area contributed by atoms with Gasteiger partial charge in [-0.15, -0.1) is 0 Å². The fourth-order valence-electron chi connectivity index (χ4n) is 5.25. The molecule has 5 rings (SSSR count). The van der Waals surface area contributed by atoms with Crippen molar-refractivity contribution < 1.29 is 22.8 Å². The molecule has 8 nitrogen and oxygen atoms in total. The third kappa shape index (κ3) is 5.45. The molecule has 2 aliphatic rings. The fourth-order valence-corrected chi connectivity index (χ4v) is 5.25. The van der Waals surface area contributed by atoms with Crippen molar-refractivity contribution >= 4 is 34.8 Å². The highest BCUT2D eigenvalue weighted by Gasteiger charge is 2.38. The molecule has 1 unspecified atom stereocenters.